The minimum atomic E-state index is -3.85. The van der Waals surface area contributed by atoms with Crippen LogP contribution in [0, 0.1) is 11.8 Å². The highest BCUT2D eigenvalue weighted by molar-refractivity contribution is 7.47. The summed E-state index contributed by atoms with van der Waals surface area (Å²) in [5.41, 5.74) is 0. The van der Waals surface area contributed by atoms with Crippen molar-refractivity contribution in [1.29, 1.82) is 0 Å². The highest BCUT2D eigenvalue weighted by Crippen LogP contribution is 2.44. The first-order valence-electron chi connectivity index (χ1n) is 6.53. The number of phosphoric ester groups is 1. The van der Waals surface area contributed by atoms with Crippen molar-refractivity contribution in [3.8, 4) is 0 Å². The number of rotatable bonds is 10. The standard InChI is InChI=1S/C12H27O4P/c1-5-7-11(3)9-15-17(13,14)16-10-12(4)8-6-2/h11-12H,5-10H2,1-4H3,(H,13,14). The monoisotopic (exact) mass is 266 g/mol. The van der Waals surface area contributed by atoms with Crippen molar-refractivity contribution in [2.45, 2.75) is 53.4 Å². The quantitative estimate of drug-likeness (QED) is 0.607. The molecule has 104 valence electrons. The minimum absolute atomic E-state index is 0.282. The summed E-state index contributed by atoms with van der Waals surface area (Å²) in [5, 5.41) is 0. The molecule has 0 aromatic carbocycles. The van der Waals surface area contributed by atoms with E-state index < -0.39 is 7.82 Å². The van der Waals surface area contributed by atoms with Gasteiger partial charge in [-0.25, -0.2) is 4.57 Å². The number of hydrogen-bond acceptors (Lipinski definition) is 3. The second-order valence-electron chi connectivity index (χ2n) is 4.85. The molecular formula is C12H27O4P. The van der Waals surface area contributed by atoms with E-state index in [2.05, 4.69) is 13.8 Å². The summed E-state index contributed by atoms with van der Waals surface area (Å²) < 4.78 is 21.5. The Morgan fingerprint density at radius 2 is 1.35 bits per heavy atom. The smallest absolute Gasteiger partial charge is 0.302 e. The molecule has 4 nitrogen and oxygen atoms in total. The van der Waals surface area contributed by atoms with Gasteiger partial charge in [0.25, 0.3) is 0 Å². The first kappa shape index (κ1) is 17.1. The fraction of sp³-hybridized carbons (Fsp3) is 1.00. The van der Waals surface area contributed by atoms with Crippen molar-refractivity contribution in [3.05, 3.63) is 0 Å². The van der Waals surface area contributed by atoms with Gasteiger partial charge in [-0.2, -0.15) is 0 Å². The van der Waals surface area contributed by atoms with Crippen molar-refractivity contribution in [1.82, 2.24) is 0 Å². The van der Waals surface area contributed by atoms with E-state index in [0.29, 0.717) is 0 Å². The Morgan fingerprint density at radius 1 is 1.00 bits per heavy atom. The average molecular weight is 266 g/mol. The third-order valence-electron chi connectivity index (χ3n) is 2.61. The predicted octanol–water partition coefficient (Wildman–Crippen LogP) is 3.99. The molecule has 0 saturated heterocycles. The summed E-state index contributed by atoms with van der Waals surface area (Å²) in [6.45, 7) is 8.73. The number of phosphoric acid groups is 1. The van der Waals surface area contributed by atoms with Crippen LogP contribution in [-0.2, 0) is 13.6 Å². The highest BCUT2D eigenvalue weighted by atomic mass is 31.2. The molecule has 0 amide bonds. The first-order chi connectivity index (χ1) is 7.91. The molecule has 0 bridgehead atoms. The first-order valence-corrected chi connectivity index (χ1v) is 8.02. The molecule has 0 heterocycles. The van der Waals surface area contributed by atoms with E-state index in [9.17, 15) is 9.46 Å². The molecule has 0 fully saturated rings. The van der Waals surface area contributed by atoms with E-state index in [1.54, 1.807) is 0 Å². The molecule has 0 spiro atoms. The molecule has 2 unspecified atom stereocenters. The zero-order valence-electron chi connectivity index (χ0n) is 11.5. The van der Waals surface area contributed by atoms with Gasteiger partial charge in [0.05, 0.1) is 13.2 Å². The fourth-order valence-corrected chi connectivity index (χ4v) is 2.59. The van der Waals surface area contributed by atoms with E-state index in [1.165, 1.54) is 0 Å². The zero-order chi connectivity index (χ0) is 13.3. The fourth-order valence-electron chi connectivity index (χ4n) is 1.63. The molecule has 0 aliphatic carbocycles. The lowest BCUT2D eigenvalue weighted by Crippen LogP contribution is -2.09. The summed E-state index contributed by atoms with van der Waals surface area (Å²) >= 11 is 0. The molecule has 0 aliphatic heterocycles. The Morgan fingerprint density at radius 3 is 1.65 bits per heavy atom. The van der Waals surface area contributed by atoms with Crippen LogP contribution in [0.25, 0.3) is 0 Å². The molecule has 5 heteroatoms. The Labute approximate surface area is 105 Å². The molecular weight excluding hydrogens is 239 g/mol. The normalized spacial score (nSPS) is 18.6. The Bertz CT molecular complexity index is 213. The zero-order valence-corrected chi connectivity index (χ0v) is 12.4. The second-order valence-corrected chi connectivity index (χ2v) is 6.30. The van der Waals surface area contributed by atoms with Gasteiger partial charge in [-0.15, -0.1) is 0 Å². The van der Waals surface area contributed by atoms with Crippen LogP contribution in [0.1, 0.15) is 53.4 Å². The maximum absolute atomic E-state index is 11.5. The van der Waals surface area contributed by atoms with Gasteiger partial charge < -0.3 is 4.89 Å². The van der Waals surface area contributed by atoms with Gasteiger partial charge in [0.2, 0.25) is 0 Å². The Hall–Kier alpha value is 0.110. The summed E-state index contributed by atoms with van der Waals surface area (Å²) in [7, 11) is -3.85. The van der Waals surface area contributed by atoms with Crippen molar-refractivity contribution < 1.29 is 18.5 Å². The SMILES string of the molecule is CCCC(C)COP(=O)(O)OCC(C)CCC. The molecule has 0 radical (unpaired) electrons. The van der Waals surface area contributed by atoms with Crippen LogP contribution in [0.15, 0.2) is 0 Å². The van der Waals surface area contributed by atoms with Crippen molar-refractivity contribution in [3.63, 3.8) is 0 Å². The van der Waals surface area contributed by atoms with Crippen LogP contribution >= 0.6 is 7.82 Å². The van der Waals surface area contributed by atoms with Gasteiger partial charge >= 0.3 is 7.82 Å². The third kappa shape index (κ3) is 9.78. The summed E-state index contributed by atoms with van der Waals surface area (Å²) in [4.78, 5) is 9.46. The molecule has 1 N–H and O–H groups in total. The molecule has 0 aromatic heterocycles. The van der Waals surface area contributed by atoms with E-state index in [1.807, 2.05) is 13.8 Å². The predicted molar refractivity (Wildman–Crippen MR) is 69.9 cm³/mol. The van der Waals surface area contributed by atoms with Crippen LogP contribution in [0.2, 0.25) is 0 Å². The highest BCUT2D eigenvalue weighted by Gasteiger charge is 2.22. The van der Waals surface area contributed by atoms with Gasteiger partial charge in [-0.1, -0.05) is 40.5 Å². The van der Waals surface area contributed by atoms with Crippen LogP contribution in [0.3, 0.4) is 0 Å². The number of hydrogen-bond donors (Lipinski definition) is 1. The van der Waals surface area contributed by atoms with Gasteiger partial charge in [0, 0.05) is 0 Å². The molecule has 17 heavy (non-hydrogen) atoms. The van der Waals surface area contributed by atoms with Crippen molar-refractivity contribution in [2.24, 2.45) is 11.8 Å². The van der Waals surface area contributed by atoms with Crippen LogP contribution in [0.5, 0.6) is 0 Å². The lowest BCUT2D eigenvalue weighted by atomic mass is 10.1. The molecule has 2 atom stereocenters. The lowest BCUT2D eigenvalue weighted by Gasteiger charge is -2.17. The molecule has 0 saturated carbocycles. The second kappa shape index (κ2) is 9.09. The average Bonchev–Trinajstić information content (AvgIpc) is 2.25. The maximum Gasteiger partial charge on any atom is 0.472 e. The van der Waals surface area contributed by atoms with Crippen molar-refractivity contribution in [2.75, 3.05) is 13.2 Å². The van der Waals surface area contributed by atoms with Crippen molar-refractivity contribution >= 4 is 7.82 Å². The van der Waals surface area contributed by atoms with Crippen LogP contribution < -0.4 is 0 Å². The summed E-state index contributed by atoms with van der Waals surface area (Å²) in [6, 6.07) is 0. The van der Waals surface area contributed by atoms with E-state index in [4.69, 9.17) is 9.05 Å². The summed E-state index contributed by atoms with van der Waals surface area (Å²) in [5.74, 6) is 0.578. The van der Waals surface area contributed by atoms with E-state index in [-0.39, 0.29) is 25.0 Å². The third-order valence-corrected chi connectivity index (χ3v) is 3.56. The maximum atomic E-state index is 11.5. The Kier molecular flexibility index (Phi) is 9.15. The van der Waals surface area contributed by atoms with Crippen LogP contribution in [0.4, 0.5) is 0 Å². The molecule has 0 aliphatic rings. The van der Waals surface area contributed by atoms with E-state index >= 15 is 0 Å². The van der Waals surface area contributed by atoms with E-state index in [0.717, 1.165) is 25.7 Å². The summed E-state index contributed by atoms with van der Waals surface area (Å²) in [6.07, 6.45) is 4.09. The lowest BCUT2D eigenvalue weighted by molar-refractivity contribution is 0.118. The largest absolute Gasteiger partial charge is 0.472 e. The topological polar surface area (TPSA) is 55.8 Å². The minimum Gasteiger partial charge on any atom is -0.302 e. The molecule has 0 aromatic rings. The van der Waals surface area contributed by atoms with Gasteiger partial charge in [0.1, 0.15) is 0 Å². The van der Waals surface area contributed by atoms with Gasteiger partial charge in [-0.3, -0.25) is 9.05 Å². The molecule has 0 rings (SSSR count). The van der Waals surface area contributed by atoms with Gasteiger partial charge in [-0.05, 0) is 24.7 Å². The Balaban J connectivity index is 3.83. The van der Waals surface area contributed by atoms with Crippen LogP contribution in [-0.4, -0.2) is 18.1 Å². The van der Waals surface area contributed by atoms with Gasteiger partial charge in [0.15, 0.2) is 0 Å².